The van der Waals surface area contributed by atoms with E-state index in [0.717, 1.165) is 50.4 Å². The Morgan fingerprint density at radius 1 is 1.38 bits per heavy atom. The van der Waals surface area contributed by atoms with Crippen LogP contribution in [0.5, 0.6) is 0 Å². The summed E-state index contributed by atoms with van der Waals surface area (Å²) < 4.78 is 0. The smallest absolute Gasteiger partial charge is 0.251 e. The number of carbonyl (C=O) groups is 2. The van der Waals surface area contributed by atoms with Gasteiger partial charge in [0.05, 0.1) is 11.4 Å². The van der Waals surface area contributed by atoms with Crippen LogP contribution < -0.4 is 15.5 Å². The van der Waals surface area contributed by atoms with E-state index in [1.807, 2.05) is 12.1 Å². The van der Waals surface area contributed by atoms with Crippen molar-refractivity contribution in [1.29, 1.82) is 0 Å². The second kappa shape index (κ2) is 7.21. The van der Waals surface area contributed by atoms with Crippen molar-refractivity contribution in [1.82, 2.24) is 10.2 Å². The van der Waals surface area contributed by atoms with E-state index in [4.69, 9.17) is 0 Å². The van der Waals surface area contributed by atoms with E-state index >= 15 is 0 Å². The number of anilines is 2. The quantitative estimate of drug-likeness (QED) is 0.833. The number of hydrogen-bond acceptors (Lipinski definition) is 4. The average molecular weight is 330 g/mol. The summed E-state index contributed by atoms with van der Waals surface area (Å²) in [6.07, 6.45) is 1.93. The molecule has 2 heterocycles. The molecule has 2 amide bonds. The summed E-state index contributed by atoms with van der Waals surface area (Å²) in [5, 5.41) is 5.91. The first-order valence-electron chi connectivity index (χ1n) is 8.86. The molecule has 1 aromatic carbocycles. The Morgan fingerprint density at radius 2 is 2.17 bits per heavy atom. The predicted molar refractivity (Wildman–Crippen MR) is 95.6 cm³/mol. The highest BCUT2D eigenvalue weighted by Gasteiger charge is 2.36. The molecule has 1 fully saturated rings. The van der Waals surface area contributed by atoms with Gasteiger partial charge in [-0.2, -0.15) is 0 Å². The first kappa shape index (κ1) is 16.8. The summed E-state index contributed by atoms with van der Waals surface area (Å²) in [4.78, 5) is 28.9. The van der Waals surface area contributed by atoms with Crippen molar-refractivity contribution in [2.75, 3.05) is 42.9 Å². The minimum Gasteiger partial charge on any atom is -0.358 e. The van der Waals surface area contributed by atoms with Crippen molar-refractivity contribution in [3.05, 3.63) is 23.8 Å². The molecule has 3 rings (SSSR count). The Labute approximate surface area is 143 Å². The Hall–Kier alpha value is -2.08. The molecule has 0 aromatic heterocycles. The molecule has 1 saturated heterocycles. The lowest BCUT2D eigenvalue weighted by Gasteiger charge is -2.33. The SMILES string of the molecule is CCN(CC)CCNC(=O)c1ccc2c(c1)NC(=O)C1CCCN21. The topological polar surface area (TPSA) is 64.7 Å². The molecule has 1 aromatic rings. The number of nitrogens with zero attached hydrogens (tertiary/aromatic N) is 2. The number of hydrogen-bond donors (Lipinski definition) is 2. The number of amides is 2. The van der Waals surface area contributed by atoms with Crippen molar-refractivity contribution >= 4 is 23.2 Å². The van der Waals surface area contributed by atoms with Gasteiger partial charge in [0.15, 0.2) is 0 Å². The lowest BCUT2D eigenvalue weighted by Crippen LogP contribution is -2.44. The Bertz CT molecular complexity index is 627. The summed E-state index contributed by atoms with van der Waals surface area (Å²) in [6.45, 7) is 8.56. The zero-order valence-electron chi connectivity index (χ0n) is 14.5. The highest BCUT2D eigenvalue weighted by Crippen LogP contribution is 2.37. The standard InChI is InChI=1S/C18H26N4O2/c1-3-21(4-2)11-9-19-17(23)13-7-8-15-14(12-13)20-18(24)16-6-5-10-22(15)16/h7-8,12,16H,3-6,9-11H2,1-2H3,(H,19,23)(H,20,24). The van der Waals surface area contributed by atoms with Crippen molar-refractivity contribution in [3.8, 4) is 0 Å². The zero-order valence-corrected chi connectivity index (χ0v) is 14.5. The number of fused-ring (bicyclic) bond motifs is 3. The molecule has 6 heteroatoms. The van der Waals surface area contributed by atoms with Gasteiger partial charge in [0.1, 0.15) is 6.04 Å². The fourth-order valence-electron chi connectivity index (χ4n) is 3.54. The molecule has 130 valence electrons. The average Bonchev–Trinajstić information content (AvgIpc) is 3.09. The third-order valence-corrected chi connectivity index (χ3v) is 4.99. The highest BCUT2D eigenvalue weighted by atomic mass is 16.2. The van der Waals surface area contributed by atoms with E-state index in [9.17, 15) is 9.59 Å². The number of carbonyl (C=O) groups excluding carboxylic acids is 2. The summed E-state index contributed by atoms with van der Waals surface area (Å²) in [7, 11) is 0. The number of benzene rings is 1. The van der Waals surface area contributed by atoms with Crippen molar-refractivity contribution in [3.63, 3.8) is 0 Å². The summed E-state index contributed by atoms with van der Waals surface area (Å²) in [5.74, 6) is -0.0538. The van der Waals surface area contributed by atoms with E-state index in [0.29, 0.717) is 12.1 Å². The van der Waals surface area contributed by atoms with Crippen LogP contribution in [0.4, 0.5) is 11.4 Å². The van der Waals surface area contributed by atoms with Gasteiger partial charge in [0.25, 0.3) is 5.91 Å². The van der Waals surface area contributed by atoms with Gasteiger partial charge in [-0.3, -0.25) is 9.59 Å². The third-order valence-electron chi connectivity index (χ3n) is 4.99. The van der Waals surface area contributed by atoms with Crippen LogP contribution in [0, 0.1) is 0 Å². The fourth-order valence-corrected chi connectivity index (χ4v) is 3.54. The number of nitrogens with one attached hydrogen (secondary N) is 2. The maximum atomic E-state index is 12.3. The van der Waals surface area contributed by atoms with Gasteiger partial charge in [-0.15, -0.1) is 0 Å². The van der Waals surface area contributed by atoms with Gasteiger partial charge in [0.2, 0.25) is 5.91 Å². The van der Waals surface area contributed by atoms with Crippen LogP contribution >= 0.6 is 0 Å². The lowest BCUT2D eigenvalue weighted by atomic mass is 10.1. The molecule has 0 saturated carbocycles. The molecular formula is C18H26N4O2. The van der Waals surface area contributed by atoms with Crippen molar-refractivity contribution in [2.24, 2.45) is 0 Å². The molecule has 0 spiro atoms. The van der Waals surface area contributed by atoms with Gasteiger partial charge in [0, 0.05) is 25.2 Å². The molecule has 24 heavy (non-hydrogen) atoms. The van der Waals surface area contributed by atoms with E-state index in [1.54, 1.807) is 6.07 Å². The first-order chi connectivity index (χ1) is 11.6. The van der Waals surface area contributed by atoms with Gasteiger partial charge < -0.3 is 20.4 Å². The van der Waals surface area contributed by atoms with E-state index < -0.39 is 0 Å². The maximum Gasteiger partial charge on any atom is 0.251 e. The van der Waals surface area contributed by atoms with Gasteiger partial charge in [-0.1, -0.05) is 13.8 Å². The molecule has 1 unspecified atom stereocenters. The third kappa shape index (κ3) is 3.24. The molecule has 1 atom stereocenters. The van der Waals surface area contributed by atoms with Gasteiger partial charge in [-0.05, 0) is 44.1 Å². The van der Waals surface area contributed by atoms with Crippen LogP contribution in [0.2, 0.25) is 0 Å². The molecule has 0 aliphatic carbocycles. The first-order valence-corrected chi connectivity index (χ1v) is 8.86. The Kier molecular flexibility index (Phi) is 5.04. The van der Waals surface area contributed by atoms with Crippen LogP contribution in [-0.4, -0.2) is 55.5 Å². The number of likely N-dealkylation sites (N-methyl/N-ethyl adjacent to an activating group) is 1. The largest absolute Gasteiger partial charge is 0.358 e. The Morgan fingerprint density at radius 3 is 2.92 bits per heavy atom. The molecular weight excluding hydrogens is 304 g/mol. The maximum absolute atomic E-state index is 12.3. The van der Waals surface area contributed by atoms with Crippen molar-refractivity contribution < 1.29 is 9.59 Å². The van der Waals surface area contributed by atoms with E-state index in [1.165, 1.54) is 0 Å². The van der Waals surface area contributed by atoms with Crippen LogP contribution in [0.1, 0.15) is 37.0 Å². The van der Waals surface area contributed by atoms with Crippen molar-refractivity contribution in [2.45, 2.75) is 32.7 Å². The Balaban J connectivity index is 1.67. The van der Waals surface area contributed by atoms with Gasteiger partial charge in [-0.25, -0.2) is 0 Å². The molecule has 0 bridgehead atoms. The molecule has 2 N–H and O–H groups in total. The molecule has 6 nitrogen and oxygen atoms in total. The van der Waals surface area contributed by atoms with E-state index in [-0.39, 0.29) is 17.9 Å². The van der Waals surface area contributed by atoms with Gasteiger partial charge >= 0.3 is 0 Å². The van der Waals surface area contributed by atoms with Crippen LogP contribution in [-0.2, 0) is 4.79 Å². The normalized spacial score (nSPS) is 19.0. The molecule has 2 aliphatic rings. The highest BCUT2D eigenvalue weighted by molar-refractivity contribution is 6.06. The lowest BCUT2D eigenvalue weighted by molar-refractivity contribution is -0.117. The van der Waals surface area contributed by atoms with E-state index in [2.05, 4.69) is 34.3 Å². The summed E-state index contributed by atoms with van der Waals surface area (Å²) in [6, 6.07) is 5.53. The predicted octanol–water partition coefficient (Wildman–Crippen LogP) is 1.68. The zero-order chi connectivity index (χ0) is 17.1. The molecule has 0 radical (unpaired) electrons. The minimum absolute atomic E-state index is 0.0408. The molecule has 2 aliphatic heterocycles. The second-order valence-corrected chi connectivity index (χ2v) is 6.36. The minimum atomic E-state index is -0.0947. The summed E-state index contributed by atoms with van der Waals surface area (Å²) >= 11 is 0. The van der Waals surface area contributed by atoms with Crippen LogP contribution in [0.15, 0.2) is 18.2 Å². The summed E-state index contributed by atoms with van der Waals surface area (Å²) in [5.41, 5.74) is 2.36. The monoisotopic (exact) mass is 330 g/mol. The van der Waals surface area contributed by atoms with Crippen LogP contribution in [0.3, 0.4) is 0 Å². The second-order valence-electron chi connectivity index (χ2n) is 6.36. The fraction of sp³-hybridized carbons (Fsp3) is 0.556. The number of rotatable bonds is 6. The van der Waals surface area contributed by atoms with Crippen LogP contribution in [0.25, 0.3) is 0 Å².